The Morgan fingerprint density at radius 1 is 1.46 bits per heavy atom. The van der Waals surface area contributed by atoms with Crippen LogP contribution in [0.2, 0.25) is 0 Å². The quantitative estimate of drug-likeness (QED) is 0.628. The number of hydrogen-bond donors (Lipinski definition) is 0. The molecule has 1 aromatic rings. The molecule has 0 saturated carbocycles. The molecule has 0 aliphatic heterocycles. The summed E-state index contributed by atoms with van der Waals surface area (Å²) in [4.78, 5) is 4.29. The summed E-state index contributed by atoms with van der Waals surface area (Å²) in [7, 11) is 0. The highest BCUT2D eigenvalue weighted by atomic mass is 16.5. The molecule has 0 unspecified atom stereocenters. The summed E-state index contributed by atoms with van der Waals surface area (Å²) in [5.74, 6) is 1.17. The Balaban J connectivity index is 2.40. The van der Waals surface area contributed by atoms with Crippen molar-refractivity contribution < 1.29 is 4.74 Å². The van der Waals surface area contributed by atoms with Gasteiger partial charge in [0, 0.05) is 32.0 Å². The van der Waals surface area contributed by atoms with Gasteiger partial charge in [0.1, 0.15) is 5.82 Å². The van der Waals surface area contributed by atoms with E-state index in [-0.39, 0.29) is 0 Å². The summed E-state index contributed by atoms with van der Waals surface area (Å²) in [6.45, 7) is 6.67. The number of rotatable bonds is 6. The highest BCUT2D eigenvalue weighted by Gasteiger charge is 1.99. The minimum atomic E-state index is 0.781. The van der Waals surface area contributed by atoms with Crippen LogP contribution in [0.5, 0.6) is 0 Å². The third-order valence-electron chi connectivity index (χ3n) is 1.96. The van der Waals surface area contributed by atoms with Crippen LogP contribution >= 0.6 is 0 Å². The first-order valence-corrected chi connectivity index (χ1v) is 4.96. The van der Waals surface area contributed by atoms with E-state index in [0.717, 1.165) is 32.6 Å². The summed E-state index contributed by atoms with van der Waals surface area (Å²) >= 11 is 0. The smallest absolute Gasteiger partial charge is 0.108 e. The van der Waals surface area contributed by atoms with E-state index < -0.39 is 0 Å². The molecular weight excluding hydrogens is 164 g/mol. The molecule has 0 spiro atoms. The Kier molecular flexibility index (Phi) is 4.54. The van der Waals surface area contributed by atoms with Crippen LogP contribution in [0.25, 0.3) is 0 Å². The van der Waals surface area contributed by atoms with Crippen molar-refractivity contribution >= 4 is 0 Å². The topological polar surface area (TPSA) is 27.1 Å². The van der Waals surface area contributed by atoms with Crippen molar-refractivity contribution in [3.8, 4) is 0 Å². The molecule has 0 radical (unpaired) electrons. The van der Waals surface area contributed by atoms with Gasteiger partial charge in [-0.15, -0.1) is 0 Å². The molecule has 3 nitrogen and oxygen atoms in total. The van der Waals surface area contributed by atoms with E-state index in [0.29, 0.717) is 0 Å². The zero-order valence-electron chi connectivity index (χ0n) is 8.49. The SMILES string of the molecule is CCCc1nccn1CCOCC. The molecule has 3 heteroatoms. The first-order valence-electron chi connectivity index (χ1n) is 4.96. The lowest BCUT2D eigenvalue weighted by atomic mass is 10.3. The molecule has 0 aromatic carbocycles. The minimum absolute atomic E-state index is 0.781. The van der Waals surface area contributed by atoms with Crippen LogP contribution < -0.4 is 0 Å². The van der Waals surface area contributed by atoms with Crippen molar-refractivity contribution in [3.63, 3.8) is 0 Å². The number of hydrogen-bond acceptors (Lipinski definition) is 2. The molecule has 0 bridgehead atoms. The molecule has 1 aromatic heterocycles. The molecule has 74 valence electrons. The molecule has 0 atom stereocenters. The van der Waals surface area contributed by atoms with Gasteiger partial charge in [-0.05, 0) is 13.3 Å². The zero-order valence-corrected chi connectivity index (χ0v) is 8.49. The Hall–Kier alpha value is -0.830. The van der Waals surface area contributed by atoms with Crippen molar-refractivity contribution in [1.82, 2.24) is 9.55 Å². The van der Waals surface area contributed by atoms with Gasteiger partial charge in [0.15, 0.2) is 0 Å². The van der Waals surface area contributed by atoms with E-state index in [4.69, 9.17) is 4.74 Å². The molecule has 0 fully saturated rings. The van der Waals surface area contributed by atoms with E-state index >= 15 is 0 Å². The van der Waals surface area contributed by atoms with Crippen molar-refractivity contribution in [3.05, 3.63) is 18.2 Å². The number of aromatic nitrogens is 2. The van der Waals surface area contributed by atoms with Gasteiger partial charge in [0.05, 0.1) is 6.61 Å². The maximum Gasteiger partial charge on any atom is 0.108 e. The van der Waals surface area contributed by atoms with Crippen molar-refractivity contribution in [2.45, 2.75) is 33.2 Å². The fraction of sp³-hybridized carbons (Fsp3) is 0.700. The minimum Gasteiger partial charge on any atom is -0.380 e. The summed E-state index contributed by atoms with van der Waals surface area (Å²) in [5, 5.41) is 0. The molecule has 1 heterocycles. The summed E-state index contributed by atoms with van der Waals surface area (Å²) in [5.41, 5.74) is 0. The third-order valence-corrected chi connectivity index (χ3v) is 1.96. The van der Waals surface area contributed by atoms with Crippen LogP contribution in [-0.2, 0) is 17.7 Å². The fourth-order valence-electron chi connectivity index (χ4n) is 1.30. The van der Waals surface area contributed by atoms with Gasteiger partial charge in [0.2, 0.25) is 0 Å². The Bertz CT molecular complexity index is 233. The molecule has 13 heavy (non-hydrogen) atoms. The molecule has 0 amide bonds. The van der Waals surface area contributed by atoms with Gasteiger partial charge < -0.3 is 9.30 Å². The monoisotopic (exact) mass is 182 g/mol. The van der Waals surface area contributed by atoms with Crippen LogP contribution in [-0.4, -0.2) is 22.8 Å². The van der Waals surface area contributed by atoms with Gasteiger partial charge in [-0.25, -0.2) is 4.98 Å². The Morgan fingerprint density at radius 3 is 3.00 bits per heavy atom. The van der Waals surface area contributed by atoms with E-state index in [2.05, 4.69) is 16.5 Å². The predicted octanol–water partition coefficient (Wildman–Crippen LogP) is 1.87. The summed E-state index contributed by atoms with van der Waals surface area (Å²) < 4.78 is 7.46. The summed E-state index contributed by atoms with van der Waals surface area (Å²) in [6.07, 6.45) is 6.08. The van der Waals surface area contributed by atoms with Gasteiger partial charge in [-0.2, -0.15) is 0 Å². The van der Waals surface area contributed by atoms with Crippen molar-refractivity contribution in [2.24, 2.45) is 0 Å². The van der Waals surface area contributed by atoms with Crippen LogP contribution in [0, 0.1) is 0 Å². The largest absolute Gasteiger partial charge is 0.380 e. The molecule has 0 aliphatic carbocycles. The standard InChI is InChI=1S/C10H18N2O/c1-3-5-10-11-6-7-12(10)8-9-13-4-2/h6-7H,3-5,8-9H2,1-2H3. The van der Waals surface area contributed by atoms with Crippen LogP contribution in [0.1, 0.15) is 26.1 Å². The Morgan fingerprint density at radius 2 is 2.31 bits per heavy atom. The maximum absolute atomic E-state index is 5.29. The highest BCUT2D eigenvalue weighted by Crippen LogP contribution is 2.00. The first kappa shape index (κ1) is 10.3. The van der Waals surface area contributed by atoms with Crippen molar-refractivity contribution in [1.29, 1.82) is 0 Å². The predicted molar refractivity (Wildman–Crippen MR) is 52.7 cm³/mol. The van der Waals surface area contributed by atoms with E-state index in [1.807, 2.05) is 19.3 Å². The average Bonchev–Trinajstić information content (AvgIpc) is 2.54. The van der Waals surface area contributed by atoms with Crippen LogP contribution in [0.15, 0.2) is 12.4 Å². The molecule has 0 saturated heterocycles. The van der Waals surface area contributed by atoms with Gasteiger partial charge in [-0.1, -0.05) is 6.92 Å². The molecular formula is C10H18N2O. The Labute approximate surface area is 79.7 Å². The second-order valence-electron chi connectivity index (χ2n) is 2.98. The zero-order chi connectivity index (χ0) is 9.52. The second kappa shape index (κ2) is 5.75. The molecule has 0 aliphatic rings. The summed E-state index contributed by atoms with van der Waals surface area (Å²) in [6, 6.07) is 0. The molecule has 0 N–H and O–H groups in total. The number of aryl methyl sites for hydroxylation is 1. The first-order chi connectivity index (χ1) is 6.38. The van der Waals surface area contributed by atoms with E-state index in [1.165, 1.54) is 5.82 Å². The normalized spacial score (nSPS) is 10.6. The van der Waals surface area contributed by atoms with Crippen LogP contribution in [0.3, 0.4) is 0 Å². The third kappa shape index (κ3) is 3.19. The number of ether oxygens (including phenoxy) is 1. The van der Waals surface area contributed by atoms with Gasteiger partial charge in [-0.3, -0.25) is 0 Å². The van der Waals surface area contributed by atoms with E-state index in [9.17, 15) is 0 Å². The average molecular weight is 182 g/mol. The van der Waals surface area contributed by atoms with Crippen LogP contribution in [0.4, 0.5) is 0 Å². The highest BCUT2D eigenvalue weighted by molar-refractivity contribution is 4.92. The lowest BCUT2D eigenvalue weighted by Gasteiger charge is -2.06. The fourth-order valence-corrected chi connectivity index (χ4v) is 1.30. The van der Waals surface area contributed by atoms with Crippen molar-refractivity contribution in [2.75, 3.05) is 13.2 Å². The second-order valence-corrected chi connectivity index (χ2v) is 2.98. The molecule has 1 rings (SSSR count). The lowest BCUT2D eigenvalue weighted by Crippen LogP contribution is -2.08. The van der Waals surface area contributed by atoms with Gasteiger partial charge in [0.25, 0.3) is 0 Å². The van der Waals surface area contributed by atoms with Gasteiger partial charge >= 0.3 is 0 Å². The lowest BCUT2D eigenvalue weighted by molar-refractivity contribution is 0.138. The maximum atomic E-state index is 5.29. The number of nitrogens with zero attached hydrogens (tertiary/aromatic N) is 2. The number of imidazole rings is 1. The van der Waals surface area contributed by atoms with E-state index in [1.54, 1.807) is 0 Å².